The van der Waals surface area contributed by atoms with E-state index in [1.54, 1.807) is 12.1 Å². The molecule has 1 aromatic carbocycles. The maximum Gasteiger partial charge on any atom is 0.0850 e. The maximum absolute atomic E-state index is 6.67. The summed E-state index contributed by atoms with van der Waals surface area (Å²) >= 11 is 0. The first-order valence-corrected chi connectivity index (χ1v) is 3.03. The van der Waals surface area contributed by atoms with Crippen LogP contribution in [0.25, 0.3) is 0 Å². The minimum atomic E-state index is 0.540. The lowest BCUT2D eigenvalue weighted by Gasteiger charge is -1.94. The van der Waals surface area contributed by atoms with Crippen LogP contribution >= 0.6 is 0 Å². The van der Waals surface area contributed by atoms with Crippen molar-refractivity contribution >= 4 is 13.5 Å². The van der Waals surface area contributed by atoms with Crippen molar-refractivity contribution in [3.05, 3.63) is 29.8 Å². The molecular formula is C7H7BN2. The highest BCUT2D eigenvalue weighted by molar-refractivity contribution is 6.08. The molecule has 0 aliphatic heterocycles. The Hall–Kier alpha value is -1.12. The van der Waals surface area contributed by atoms with Gasteiger partial charge in [0.05, 0.1) is 13.5 Å². The van der Waals surface area contributed by atoms with Crippen LogP contribution in [0.5, 0.6) is 0 Å². The molecule has 1 N–H and O–H groups in total. The maximum atomic E-state index is 6.67. The fraction of sp³-hybridized carbons (Fsp3) is 0.143. The van der Waals surface area contributed by atoms with Crippen LogP contribution in [0.2, 0.25) is 0 Å². The molecule has 0 amide bonds. The Morgan fingerprint density at radius 3 is 2.30 bits per heavy atom. The molecule has 10 heavy (non-hydrogen) atoms. The highest BCUT2D eigenvalue weighted by Crippen LogP contribution is 2.11. The molecular weight excluding hydrogens is 123 g/mol. The SMILES string of the molecule is [B]Cc1ccc(N=N)cc1. The molecule has 0 fully saturated rings. The molecule has 0 aliphatic carbocycles. The number of nitrogens with zero attached hydrogens (tertiary/aromatic N) is 1. The van der Waals surface area contributed by atoms with Crippen molar-refractivity contribution in [1.82, 2.24) is 0 Å². The first kappa shape index (κ1) is 7.00. The van der Waals surface area contributed by atoms with E-state index in [1.807, 2.05) is 12.1 Å². The zero-order chi connectivity index (χ0) is 7.40. The van der Waals surface area contributed by atoms with Crippen molar-refractivity contribution in [2.24, 2.45) is 5.11 Å². The zero-order valence-corrected chi connectivity index (χ0v) is 5.54. The van der Waals surface area contributed by atoms with Crippen LogP contribution in [0, 0.1) is 5.53 Å². The van der Waals surface area contributed by atoms with Crippen LogP contribution in [0.4, 0.5) is 5.69 Å². The Labute approximate surface area is 61.2 Å². The standard InChI is InChI=1S/C7H7BN2/c8-5-6-1-3-7(10-9)4-2-6/h1-4,9H,5H2. The molecule has 48 valence electrons. The first-order valence-electron chi connectivity index (χ1n) is 3.03. The van der Waals surface area contributed by atoms with Crippen LogP contribution in [0.3, 0.4) is 0 Å². The van der Waals surface area contributed by atoms with Crippen molar-refractivity contribution < 1.29 is 0 Å². The van der Waals surface area contributed by atoms with Crippen LogP contribution in [0.15, 0.2) is 29.4 Å². The lowest BCUT2D eigenvalue weighted by Crippen LogP contribution is -1.79. The minimum Gasteiger partial charge on any atom is -0.204 e. The lowest BCUT2D eigenvalue weighted by molar-refractivity contribution is 1.14. The summed E-state index contributed by atoms with van der Waals surface area (Å²) in [5.74, 6) is 0. The third-order valence-corrected chi connectivity index (χ3v) is 1.30. The Bertz CT molecular complexity index is 218. The molecule has 1 rings (SSSR count). The zero-order valence-electron chi connectivity index (χ0n) is 5.54. The molecule has 0 saturated heterocycles. The van der Waals surface area contributed by atoms with E-state index in [2.05, 4.69) is 5.11 Å². The summed E-state index contributed by atoms with van der Waals surface area (Å²) in [4.78, 5) is 0. The molecule has 1 aromatic rings. The van der Waals surface area contributed by atoms with E-state index in [9.17, 15) is 0 Å². The second kappa shape index (κ2) is 3.15. The molecule has 0 aliphatic rings. The van der Waals surface area contributed by atoms with Crippen molar-refractivity contribution in [3.63, 3.8) is 0 Å². The summed E-state index contributed by atoms with van der Waals surface area (Å²) in [7, 11) is 5.36. The van der Waals surface area contributed by atoms with Crippen LogP contribution in [-0.2, 0) is 6.32 Å². The first-order chi connectivity index (χ1) is 4.86. The van der Waals surface area contributed by atoms with Gasteiger partial charge < -0.3 is 0 Å². The van der Waals surface area contributed by atoms with E-state index >= 15 is 0 Å². The molecule has 3 heteroatoms. The van der Waals surface area contributed by atoms with Crippen molar-refractivity contribution in [3.8, 4) is 0 Å². The Kier molecular flexibility index (Phi) is 2.21. The predicted molar refractivity (Wildman–Crippen MR) is 40.7 cm³/mol. The molecule has 0 unspecified atom stereocenters. The van der Waals surface area contributed by atoms with Gasteiger partial charge in [-0.2, -0.15) is 5.11 Å². The Balaban J connectivity index is 2.90. The largest absolute Gasteiger partial charge is 0.204 e. The quantitative estimate of drug-likeness (QED) is 0.469. The summed E-state index contributed by atoms with van der Waals surface area (Å²) in [6.45, 7) is 0. The number of nitrogens with one attached hydrogen (secondary N) is 1. The number of rotatable bonds is 2. The van der Waals surface area contributed by atoms with Crippen LogP contribution in [-0.4, -0.2) is 7.85 Å². The minimum absolute atomic E-state index is 0.540. The van der Waals surface area contributed by atoms with Gasteiger partial charge in [-0.3, -0.25) is 0 Å². The fourth-order valence-electron chi connectivity index (χ4n) is 0.707. The van der Waals surface area contributed by atoms with E-state index in [1.165, 1.54) is 0 Å². The van der Waals surface area contributed by atoms with E-state index in [0.29, 0.717) is 12.0 Å². The van der Waals surface area contributed by atoms with Gasteiger partial charge in [-0.15, -0.1) is 0 Å². The van der Waals surface area contributed by atoms with Gasteiger partial charge in [-0.1, -0.05) is 24.0 Å². The second-order valence-corrected chi connectivity index (χ2v) is 1.98. The van der Waals surface area contributed by atoms with Gasteiger partial charge in [0, 0.05) is 0 Å². The average molecular weight is 130 g/mol. The molecule has 0 bridgehead atoms. The lowest BCUT2D eigenvalue weighted by atomic mass is 9.97. The van der Waals surface area contributed by atoms with E-state index in [-0.39, 0.29) is 0 Å². The van der Waals surface area contributed by atoms with Crippen molar-refractivity contribution in [2.45, 2.75) is 6.32 Å². The van der Waals surface area contributed by atoms with Crippen LogP contribution in [0.1, 0.15) is 5.56 Å². The van der Waals surface area contributed by atoms with E-state index in [4.69, 9.17) is 13.4 Å². The van der Waals surface area contributed by atoms with Gasteiger partial charge in [0.2, 0.25) is 0 Å². The van der Waals surface area contributed by atoms with E-state index < -0.39 is 0 Å². The smallest absolute Gasteiger partial charge is 0.0850 e. The monoisotopic (exact) mass is 130 g/mol. The summed E-state index contributed by atoms with van der Waals surface area (Å²) in [5.41, 5.74) is 8.39. The molecule has 2 nitrogen and oxygen atoms in total. The Morgan fingerprint density at radius 1 is 1.30 bits per heavy atom. The van der Waals surface area contributed by atoms with Gasteiger partial charge in [0.1, 0.15) is 0 Å². The average Bonchev–Trinajstić information content (AvgIpc) is 2.05. The fourth-order valence-corrected chi connectivity index (χ4v) is 0.707. The summed E-state index contributed by atoms with van der Waals surface area (Å²) in [6, 6.07) is 7.28. The molecule has 0 atom stereocenters. The third-order valence-electron chi connectivity index (χ3n) is 1.30. The van der Waals surface area contributed by atoms with Gasteiger partial charge in [0.25, 0.3) is 0 Å². The number of hydrogen-bond donors (Lipinski definition) is 1. The topological polar surface area (TPSA) is 36.2 Å². The summed E-state index contributed by atoms with van der Waals surface area (Å²) in [6.07, 6.45) is 0.540. The van der Waals surface area contributed by atoms with Crippen molar-refractivity contribution in [2.75, 3.05) is 0 Å². The van der Waals surface area contributed by atoms with Gasteiger partial charge in [-0.05, 0) is 12.1 Å². The molecule has 0 aromatic heterocycles. The molecule has 0 heterocycles. The third kappa shape index (κ3) is 1.44. The summed E-state index contributed by atoms with van der Waals surface area (Å²) < 4.78 is 0. The highest BCUT2D eigenvalue weighted by atomic mass is 14.9. The van der Waals surface area contributed by atoms with Gasteiger partial charge in [0.15, 0.2) is 0 Å². The highest BCUT2D eigenvalue weighted by Gasteiger charge is 1.88. The molecule has 0 saturated carbocycles. The Morgan fingerprint density at radius 2 is 1.90 bits per heavy atom. The number of benzene rings is 1. The number of hydrogen-bond acceptors (Lipinski definition) is 2. The predicted octanol–water partition coefficient (Wildman–Crippen LogP) is 2.02. The normalized spacial score (nSPS) is 9.20. The second-order valence-electron chi connectivity index (χ2n) is 1.98. The molecule has 2 radical (unpaired) electrons. The van der Waals surface area contributed by atoms with Crippen molar-refractivity contribution in [1.29, 1.82) is 5.53 Å². The van der Waals surface area contributed by atoms with Gasteiger partial charge >= 0.3 is 0 Å². The van der Waals surface area contributed by atoms with E-state index in [0.717, 1.165) is 5.56 Å². The van der Waals surface area contributed by atoms with Crippen LogP contribution < -0.4 is 0 Å². The van der Waals surface area contributed by atoms with Gasteiger partial charge in [-0.25, -0.2) is 5.53 Å². The summed E-state index contributed by atoms with van der Waals surface area (Å²) in [5, 5.41) is 3.26. The molecule has 0 spiro atoms.